The van der Waals surface area contributed by atoms with Crippen LogP contribution in [0.2, 0.25) is 5.02 Å². The first-order valence-electron chi connectivity index (χ1n) is 6.79. The number of methoxy groups -OCH3 is 1. The lowest BCUT2D eigenvalue weighted by molar-refractivity contribution is 0.413. The zero-order chi connectivity index (χ0) is 14.5. The molecular formula is C17H20ClNO. The van der Waals surface area contributed by atoms with Gasteiger partial charge in [0.1, 0.15) is 5.75 Å². The van der Waals surface area contributed by atoms with Crippen molar-refractivity contribution in [1.29, 1.82) is 0 Å². The largest absolute Gasteiger partial charge is 0.497 e. The third-order valence-electron chi connectivity index (χ3n) is 3.37. The first kappa shape index (κ1) is 14.9. The highest BCUT2D eigenvalue weighted by Crippen LogP contribution is 2.31. The minimum atomic E-state index is 0.0718. The van der Waals surface area contributed by atoms with Crippen LogP contribution in [-0.2, 0) is 0 Å². The van der Waals surface area contributed by atoms with E-state index in [0.717, 1.165) is 34.0 Å². The van der Waals surface area contributed by atoms with Gasteiger partial charge in [-0.15, -0.1) is 0 Å². The molecular weight excluding hydrogens is 270 g/mol. The van der Waals surface area contributed by atoms with Gasteiger partial charge in [-0.25, -0.2) is 0 Å². The molecule has 2 aromatic carbocycles. The number of nitrogens with one attached hydrogen (secondary N) is 1. The van der Waals surface area contributed by atoms with Crippen LogP contribution in [-0.4, -0.2) is 13.7 Å². The van der Waals surface area contributed by atoms with Crippen molar-refractivity contribution < 1.29 is 4.74 Å². The van der Waals surface area contributed by atoms with E-state index in [4.69, 9.17) is 16.3 Å². The Bertz CT molecular complexity index is 583. The van der Waals surface area contributed by atoms with Crippen LogP contribution in [0.3, 0.4) is 0 Å². The summed E-state index contributed by atoms with van der Waals surface area (Å²) in [7, 11) is 1.68. The molecule has 0 spiro atoms. The second kappa shape index (κ2) is 6.78. The minimum absolute atomic E-state index is 0.0718. The van der Waals surface area contributed by atoms with E-state index in [2.05, 4.69) is 24.4 Å². The van der Waals surface area contributed by atoms with Crippen LogP contribution in [0.5, 0.6) is 5.75 Å². The molecule has 0 fully saturated rings. The molecule has 3 heteroatoms. The third kappa shape index (κ3) is 3.14. The van der Waals surface area contributed by atoms with Crippen molar-refractivity contribution in [1.82, 2.24) is 5.32 Å². The van der Waals surface area contributed by atoms with E-state index in [1.165, 1.54) is 0 Å². The van der Waals surface area contributed by atoms with Crippen molar-refractivity contribution in [3.63, 3.8) is 0 Å². The zero-order valence-electron chi connectivity index (χ0n) is 12.1. The smallest absolute Gasteiger partial charge is 0.119 e. The van der Waals surface area contributed by atoms with Gasteiger partial charge < -0.3 is 10.1 Å². The second-order valence-corrected chi connectivity index (χ2v) is 5.12. The topological polar surface area (TPSA) is 21.3 Å². The van der Waals surface area contributed by atoms with Crippen molar-refractivity contribution in [2.24, 2.45) is 0 Å². The van der Waals surface area contributed by atoms with Crippen molar-refractivity contribution in [2.75, 3.05) is 13.7 Å². The maximum absolute atomic E-state index is 6.48. The fraction of sp³-hybridized carbons (Fsp3) is 0.294. The molecule has 106 valence electrons. The fourth-order valence-electron chi connectivity index (χ4n) is 2.33. The summed E-state index contributed by atoms with van der Waals surface area (Å²) in [6.45, 7) is 4.99. The van der Waals surface area contributed by atoms with Crippen molar-refractivity contribution in [3.05, 3.63) is 64.2 Å². The predicted octanol–water partition coefficient (Wildman–Crippen LogP) is 4.36. The van der Waals surface area contributed by atoms with Crippen LogP contribution in [0.4, 0.5) is 0 Å². The molecule has 0 heterocycles. The summed E-state index contributed by atoms with van der Waals surface area (Å²) in [5.74, 6) is 0.856. The van der Waals surface area contributed by atoms with Crippen LogP contribution in [0, 0.1) is 6.92 Å². The number of ether oxygens (including phenoxy) is 1. The van der Waals surface area contributed by atoms with E-state index in [1.807, 2.05) is 37.3 Å². The highest BCUT2D eigenvalue weighted by molar-refractivity contribution is 6.32. The quantitative estimate of drug-likeness (QED) is 0.883. The summed E-state index contributed by atoms with van der Waals surface area (Å²) in [5.41, 5.74) is 3.34. The second-order valence-electron chi connectivity index (χ2n) is 4.75. The number of aryl methyl sites for hydroxylation is 1. The van der Waals surface area contributed by atoms with Gasteiger partial charge in [0.25, 0.3) is 0 Å². The first-order valence-corrected chi connectivity index (χ1v) is 7.17. The molecule has 2 nitrogen and oxygen atoms in total. The van der Waals surface area contributed by atoms with E-state index >= 15 is 0 Å². The SMILES string of the molecule is CCNC(c1cccc(OC)c1)c1cccc(C)c1Cl. The fourth-order valence-corrected chi connectivity index (χ4v) is 2.56. The molecule has 1 unspecified atom stereocenters. The minimum Gasteiger partial charge on any atom is -0.497 e. The van der Waals surface area contributed by atoms with E-state index in [9.17, 15) is 0 Å². The van der Waals surface area contributed by atoms with Gasteiger partial charge in [-0.3, -0.25) is 0 Å². The number of benzene rings is 2. The molecule has 0 saturated heterocycles. The lowest BCUT2D eigenvalue weighted by atomic mass is 9.97. The van der Waals surface area contributed by atoms with E-state index < -0.39 is 0 Å². The lowest BCUT2D eigenvalue weighted by Gasteiger charge is -2.21. The lowest BCUT2D eigenvalue weighted by Crippen LogP contribution is -2.22. The Kier molecular flexibility index (Phi) is 5.05. The molecule has 0 bridgehead atoms. The van der Waals surface area contributed by atoms with Crippen LogP contribution < -0.4 is 10.1 Å². The molecule has 0 aliphatic carbocycles. The van der Waals surface area contributed by atoms with Crippen molar-refractivity contribution >= 4 is 11.6 Å². The van der Waals surface area contributed by atoms with Crippen LogP contribution in [0.1, 0.15) is 29.7 Å². The Balaban J connectivity index is 2.47. The van der Waals surface area contributed by atoms with Crippen LogP contribution >= 0.6 is 11.6 Å². The summed E-state index contributed by atoms with van der Waals surface area (Å²) in [4.78, 5) is 0. The Morgan fingerprint density at radius 2 is 1.95 bits per heavy atom. The number of halogens is 1. The summed E-state index contributed by atoms with van der Waals surface area (Å²) in [6, 6.07) is 14.3. The van der Waals surface area contributed by atoms with Gasteiger partial charge in [0, 0.05) is 5.02 Å². The first-order chi connectivity index (χ1) is 9.67. The van der Waals surface area contributed by atoms with Gasteiger partial charge in [0.2, 0.25) is 0 Å². The average Bonchev–Trinajstić information content (AvgIpc) is 2.48. The Labute approximate surface area is 125 Å². The molecule has 0 aliphatic rings. The molecule has 2 aromatic rings. The summed E-state index contributed by atoms with van der Waals surface area (Å²) < 4.78 is 5.31. The summed E-state index contributed by atoms with van der Waals surface area (Å²) in [5, 5.41) is 4.32. The van der Waals surface area contributed by atoms with Crippen LogP contribution in [0.15, 0.2) is 42.5 Å². The summed E-state index contributed by atoms with van der Waals surface area (Å²) in [6.07, 6.45) is 0. The third-order valence-corrected chi connectivity index (χ3v) is 3.88. The highest BCUT2D eigenvalue weighted by atomic mass is 35.5. The van der Waals surface area contributed by atoms with Gasteiger partial charge in [0.15, 0.2) is 0 Å². The van der Waals surface area contributed by atoms with Gasteiger partial charge in [0.05, 0.1) is 13.2 Å². The van der Waals surface area contributed by atoms with Crippen molar-refractivity contribution in [3.8, 4) is 5.75 Å². The Morgan fingerprint density at radius 3 is 2.65 bits per heavy atom. The molecule has 20 heavy (non-hydrogen) atoms. The monoisotopic (exact) mass is 289 g/mol. The zero-order valence-corrected chi connectivity index (χ0v) is 12.9. The predicted molar refractivity (Wildman–Crippen MR) is 84.7 cm³/mol. The van der Waals surface area contributed by atoms with Gasteiger partial charge >= 0.3 is 0 Å². The van der Waals surface area contributed by atoms with Crippen molar-refractivity contribution in [2.45, 2.75) is 19.9 Å². The molecule has 0 radical (unpaired) electrons. The number of rotatable bonds is 5. The summed E-state index contributed by atoms with van der Waals surface area (Å²) >= 11 is 6.48. The molecule has 1 N–H and O–H groups in total. The Hall–Kier alpha value is -1.51. The molecule has 0 aliphatic heterocycles. The van der Waals surface area contributed by atoms with Crippen LogP contribution in [0.25, 0.3) is 0 Å². The highest BCUT2D eigenvalue weighted by Gasteiger charge is 2.17. The molecule has 0 saturated carbocycles. The number of hydrogen-bond acceptors (Lipinski definition) is 2. The van der Waals surface area contributed by atoms with Gasteiger partial charge in [-0.05, 0) is 42.3 Å². The van der Waals surface area contributed by atoms with Gasteiger partial charge in [-0.2, -0.15) is 0 Å². The standard InChI is InChI=1S/C17H20ClNO/c1-4-19-17(13-8-6-9-14(11-13)20-3)15-10-5-7-12(2)16(15)18/h5-11,17,19H,4H2,1-3H3. The normalized spacial score (nSPS) is 12.2. The molecule has 1 atom stereocenters. The Morgan fingerprint density at radius 1 is 1.20 bits per heavy atom. The average molecular weight is 290 g/mol. The maximum Gasteiger partial charge on any atom is 0.119 e. The van der Waals surface area contributed by atoms with E-state index in [1.54, 1.807) is 7.11 Å². The molecule has 2 rings (SSSR count). The van der Waals surface area contributed by atoms with E-state index in [0.29, 0.717) is 0 Å². The molecule has 0 amide bonds. The molecule has 0 aromatic heterocycles. The van der Waals surface area contributed by atoms with E-state index in [-0.39, 0.29) is 6.04 Å². The van der Waals surface area contributed by atoms with Gasteiger partial charge in [-0.1, -0.05) is 48.9 Å². The maximum atomic E-state index is 6.48. The number of hydrogen-bond donors (Lipinski definition) is 1.